The average Bonchev–Trinajstić information content (AvgIpc) is 1.82. The predicted molar refractivity (Wildman–Crippen MR) is 40.3 cm³/mol. The van der Waals surface area contributed by atoms with Gasteiger partial charge in [0, 0.05) is 26.9 Å². The molecule has 0 aliphatic carbocycles. The van der Waals surface area contributed by atoms with E-state index in [1.807, 2.05) is 0 Å². The Kier molecular flexibility index (Phi) is 4.21. The highest BCUT2D eigenvalue weighted by atomic mass is 16.2. The molecule has 11 heavy (non-hydrogen) atoms. The quantitative estimate of drug-likeness (QED) is 0.508. The molecule has 64 valence electrons. The highest BCUT2D eigenvalue weighted by Gasteiger charge is 2.03. The standard InChI is InChI=1S/C6H13N3O2/c1-9(2)8-6(11)4-3-5(7)10/h3-4H2,1-2H3,(H2,7,10)(H,8,11). The van der Waals surface area contributed by atoms with E-state index >= 15 is 0 Å². The Balaban J connectivity index is 3.45. The van der Waals surface area contributed by atoms with E-state index in [1.165, 1.54) is 5.01 Å². The van der Waals surface area contributed by atoms with E-state index in [4.69, 9.17) is 5.73 Å². The smallest absolute Gasteiger partial charge is 0.234 e. The first-order chi connectivity index (χ1) is 5.02. The molecule has 0 spiro atoms. The molecular weight excluding hydrogens is 146 g/mol. The molecular formula is C6H13N3O2. The van der Waals surface area contributed by atoms with E-state index in [9.17, 15) is 9.59 Å². The second-order valence-corrected chi connectivity index (χ2v) is 2.40. The first-order valence-electron chi connectivity index (χ1n) is 3.27. The number of hydrogen-bond donors (Lipinski definition) is 2. The summed E-state index contributed by atoms with van der Waals surface area (Å²) in [6.07, 6.45) is 0.243. The molecule has 0 radical (unpaired) electrons. The van der Waals surface area contributed by atoms with Crippen LogP contribution >= 0.6 is 0 Å². The van der Waals surface area contributed by atoms with Crippen LogP contribution < -0.4 is 11.2 Å². The molecule has 0 bridgehead atoms. The van der Waals surface area contributed by atoms with Gasteiger partial charge in [-0.1, -0.05) is 0 Å². The van der Waals surface area contributed by atoms with Crippen molar-refractivity contribution >= 4 is 11.8 Å². The van der Waals surface area contributed by atoms with Crippen molar-refractivity contribution in [1.29, 1.82) is 0 Å². The van der Waals surface area contributed by atoms with Crippen molar-refractivity contribution in [3.63, 3.8) is 0 Å². The summed E-state index contributed by atoms with van der Waals surface area (Å²) >= 11 is 0. The molecule has 0 unspecified atom stereocenters. The molecule has 0 aromatic carbocycles. The normalized spacial score (nSPS) is 9.73. The summed E-state index contributed by atoms with van der Waals surface area (Å²) in [7, 11) is 3.39. The van der Waals surface area contributed by atoms with Crippen LogP contribution in [0.4, 0.5) is 0 Å². The lowest BCUT2D eigenvalue weighted by Crippen LogP contribution is -2.36. The lowest BCUT2D eigenvalue weighted by Gasteiger charge is -2.10. The van der Waals surface area contributed by atoms with Crippen molar-refractivity contribution in [2.45, 2.75) is 12.8 Å². The van der Waals surface area contributed by atoms with Crippen LogP contribution in [0.1, 0.15) is 12.8 Å². The van der Waals surface area contributed by atoms with E-state index in [0.29, 0.717) is 0 Å². The molecule has 5 heteroatoms. The topological polar surface area (TPSA) is 75.4 Å². The molecule has 0 aliphatic rings. The van der Waals surface area contributed by atoms with Crippen molar-refractivity contribution in [1.82, 2.24) is 10.4 Å². The molecule has 0 aliphatic heterocycles. The molecule has 0 heterocycles. The van der Waals surface area contributed by atoms with E-state index in [1.54, 1.807) is 14.1 Å². The summed E-state index contributed by atoms with van der Waals surface area (Å²) in [5, 5.41) is 1.52. The molecule has 0 saturated heterocycles. The van der Waals surface area contributed by atoms with Gasteiger partial charge in [0.2, 0.25) is 11.8 Å². The maximum atomic E-state index is 10.8. The minimum Gasteiger partial charge on any atom is -0.370 e. The zero-order valence-electron chi connectivity index (χ0n) is 6.76. The van der Waals surface area contributed by atoms with Crippen LogP contribution in [0.3, 0.4) is 0 Å². The molecule has 0 rings (SSSR count). The molecule has 0 aromatic heterocycles. The molecule has 3 N–H and O–H groups in total. The number of rotatable bonds is 4. The van der Waals surface area contributed by atoms with E-state index in [-0.39, 0.29) is 18.7 Å². The third-order valence-corrected chi connectivity index (χ3v) is 0.947. The predicted octanol–water partition coefficient (Wildman–Crippen LogP) is -1.16. The van der Waals surface area contributed by atoms with Gasteiger partial charge in [-0.3, -0.25) is 15.0 Å². The van der Waals surface area contributed by atoms with Gasteiger partial charge < -0.3 is 5.73 Å². The molecule has 0 fully saturated rings. The van der Waals surface area contributed by atoms with Gasteiger partial charge in [-0.15, -0.1) is 0 Å². The Labute approximate surface area is 65.5 Å². The number of carbonyl (C=O) groups is 2. The number of nitrogens with zero attached hydrogens (tertiary/aromatic N) is 1. The Morgan fingerprint density at radius 3 is 2.27 bits per heavy atom. The van der Waals surface area contributed by atoms with Gasteiger partial charge in [-0.2, -0.15) is 0 Å². The highest BCUT2D eigenvalue weighted by Crippen LogP contribution is 1.86. The third kappa shape index (κ3) is 6.79. The summed E-state index contributed by atoms with van der Waals surface area (Å²) in [5.74, 6) is -0.660. The van der Waals surface area contributed by atoms with Gasteiger partial charge in [-0.25, -0.2) is 5.01 Å². The number of nitrogens with two attached hydrogens (primary N) is 1. The van der Waals surface area contributed by atoms with Crippen LogP contribution in [-0.4, -0.2) is 30.9 Å². The number of hydrogen-bond acceptors (Lipinski definition) is 3. The monoisotopic (exact) mass is 159 g/mol. The SMILES string of the molecule is CN(C)NC(=O)CCC(N)=O. The molecule has 0 saturated carbocycles. The minimum atomic E-state index is -0.459. The largest absolute Gasteiger partial charge is 0.370 e. The molecule has 0 aromatic rings. The van der Waals surface area contributed by atoms with Crippen molar-refractivity contribution in [3.05, 3.63) is 0 Å². The second kappa shape index (κ2) is 4.68. The summed E-state index contributed by atoms with van der Waals surface area (Å²) in [4.78, 5) is 21.0. The van der Waals surface area contributed by atoms with Gasteiger partial charge in [0.15, 0.2) is 0 Å². The number of amides is 2. The Hall–Kier alpha value is -1.10. The minimum absolute atomic E-state index is 0.0969. The third-order valence-electron chi connectivity index (χ3n) is 0.947. The van der Waals surface area contributed by atoms with Gasteiger partial charge in [-0.05, 0) is 0 Å². The van der Waals surface area contributed by atoms with Crippen molar-refractivity contribution in [2.75, 3.05) is 14.1 Å². The maximum Gasteiger partial charge on any atom is 0.234 e. The van der Waals surface area contributed by atoms with Crippen LogP contribution in [0.5, 0.6) is 0 Å². The van der Waals surface area contributed by atoms with Crippen LogP contribution in [-0.2, 0) is 9.59 Å². The van der Waals surface area contributed by atoms with Gasteiger partial charge >= 0.3 is 0 Å². The van der Waals surface area contributed by atoms with Crippen molar-refractivity contribution < 1.29 is 9.59 Å². The van der Waals surface area contributed by atoms with Crippen LogP contribution in [0.15, 0.2) is 0 Å². The summed E-state index contributed by atoms with van der Waals surface area (Å²) in [5.41, 5.74) is 7.32. The van der Waals surface area contributed by atoms with Crippen LogP contribution in [0, 0.1) is 0 Å². The highest BCUT2D eigenvalue weighted by molar-refractivity contribution is 5.82. The molecule has 0 atom stereocenters. The van der Waals surface area contributed by atoms with Gasteiger partial charge in [0.1, 0.15) is 0 Å². The first-order valence-corrected chi connectivity index (χ1v) is 3.27. The van der Waals surface area contributed by atoms with E-state index < -0.39 is 5.91 Å². The Morgan fingerprint density at radius 1 is 1.36 bits per heavy atom. The number of primary amides is 1. The number of hydrazine groups is 1. The second-order valence-electron chi connectivity index (χ2n) is 2.40. The Morgan fingerprint density at radius 2 is 1.91 bits per heavy atom. The van der Waals surface area contributed by atoms with Crippen molar-refractivity contribution in [2.24, 2.45) is 5.73 Å². The Bertz CT molecular complexity index is 156. The van der Waals surface area contributed by atoms with Crippen LogP contribution in [0.2, 0.25) is 0 Å². The zero-order valence-corrected chi connectivity index (χ0v) is 6.76. The lowest BCUT2D eigenvalue weighted by atomic mass is 10.3. The average molecular weight is 159 g/mol. The van der Waals surface area contributed by atoms with Gasteiger partial charge in [0.25, 0.3) is 0 Å². The summed E-state index contributed by atoms with van der Waals surface area (Å²) in [6, 6.07) is 0. The fourth-order valence-corrected chi connectivity index (χ4v) is 0.542. The van der Waals surface area contributed by atoms with E-state index in [2.05, 4.69) is 5.43 Å². The fourth-order valence-electron chi connectivity index (χ4n) is 0.542. The van der Waals surface area contributed by atoms with E-state index in [0.717, 1.165) is 0 Å². The summed E-state index contributed by atoms with van der Waals surface area (Å²) in [6.45, 7) is 0. The summed E-state index contributed by atoms with van der Waals surface area (Å²) < 4.78 is 0. The lowest BCUT2D eigenvalue weighted by molar-refractivity contribution is -0.127. The zero-order chi connectivity index (χ0) is 8.85. The van der Waals surface area contributed by atoms with Crippen LogP contribution in [0.25, 0.3) is 0 Å². The van der Waals surface area contributed by atoms with Gasteiger partial charge in [0.05, 0.1) is 0 Å². The fraction of sp³-hybridized carbons (Fsp3) is 0.667. The number of carbonyl (C=O) groups excluding carboxylic acids is 2. The first kappa shape index (κ1) is 9.90. The molecule has 2 amide bonds. The molecule has 5 nitrogen and oxygen atoms in total. The maximum absolute atomic E-state index is 10.8. The number of nitrogens with one attached hydrogen (secondary N) is 1. The van der Waals surface area contributed by atoms with Crippen molar-refractivity contribution in [3.8, 4) is 0 Å².